The minimum atomic E-state index is -0.296. The van der Waals surface area contributed by atoms with Crippen molar-refractivity contribution in [1.82, 2.24) is 5.43 Å². The highest BCUT2D eigenvalue weighted by Gasteiger charge is 2.13. The predicted molar refractivity (Wildman–Crippen MR) is 140 cm³/mol. The SMILES string of the molecule is CCOc1cc(/C=N/NC(=O)c2ccc(Br)cc2)cc(I)c1OCc1ccc(Cl)c(Cl)c1. The molecule has 9 heteroatoms. The summed E-state index contributed by atoms with van der Waals surface area (Å²) in [5.41, 5.74) is 4.69. The molecule has 0 heterocycles. The van der Waals surface area contributed by atoms with Gasteiger partial charge < -0.3 is 9.47 Å². The number of nitrogens with one attached hydrogen (secondary N) is 1. The Morgan fingerprint density at radius 3 is 2.53 bits per heavy atom. The van der Waals surface area contributed by atoms with Crippen LogP contribution in [-0.2, 0) is 6.61 Å². The number of amides is 1. The Hall–Kier alpha value is -1.81. The molecule has 0 spiro atoms. The van der Waals surface area contributed by atoms with Gasteiger partial charge in [0, 0.05) is 10.0 Å². The van der Waals surface area contributed by atoms with E-state index < -0.39 is 0 Å². The van der Waals surface area contributed by atoms with E-state index in [1.165, 1.54) is 0 Å². The van der Waals surface area contributed by atoms with Gasteiger partial charge in [0.2, 0.25) is 0 Å². The summed E-state index contributed by atoms with van der Waals surface area (Å²) < 4.78 is 13.5. The summed E-state index contributed by atoms with van der Waals surface area (Å²) in [6.07, 6.45) is 1.56. The fourth-order valence-electron chi connectivity index (χ4n) is 2.68. The van der Waals surface area contributed by atoms with Crippen LogP contribution >= 0.6 is 61.7 Å². The first-order chi connectivity index (χ1) is 15.4. The van der Waals surface area contributed by atoms with Gasteiger partial charge >= 0.3 is 0 Å². The Kier molecular flexibility index (Phi) is 9.22. The summed E-state index contributed by atoms with van der Waals surface area (Å²) in [5, 5.41) is 5.03. The molecule has 3 aromatic carbocycles. The van der Waals surface area contributed by atoms with Crippen LogP contribution in [0.1, 0.15) is 28.4 Å². The summed E-state index contributed by atoms with van der Waals surface area (Å²) in [6, 6.07) is 16.1. The molecule has 32 heavy (non-hydrogen) atoms. The van der Waals surface area contributed by atoms with Gasteiger partial charge in [-0.3, -0.25) is 4.79 Å². The van der Waals surface area contributed by atoms with Crippen LogP contribution < -0.4 is 14.9 Å². The van der Waals surface area contributed by atoms with Crippen molar-refractivity contribution in [3.8, 4) is 11.5 Å². The maximum Gasteiger partial charge on any atom is 0.271 e. The zero-order valence-electron chi connectivity index (χ0n) is 16.9. The number of hydrogen-bond donors (Lipinski definition) is 1. The largest absolute Gasteiger partial charge is 0.490 e. The number of rotatable bonds is 8. The summed E-state index contributed by atoms with van der Waals surface area (Å²) in [4.78, 5) is 12.2. The third-order valence-corrected chi connectivity index (χ3v) is 6.25. The second-order valence-electron chi connectivity index (χ2n) is 6.51. The monoisotopic (exact) mass is 646 g/mol. The van der Waals surface area contributed by atoms with E-state index in [9.17, 15) is 4.79 Å². The third kappa shape index (κ3) is 6.84. The van der Waals surface area contributed by atoms with Crippen LogP contribution in [-0.4, -0.2) is 18.7 Å². The van der Waals surface area contributed by atoms with Gasteiger partial charge in [-0.15, -0.1) is 0 Å². The predicted octanol–water partition coefficient (Wildman–Crippen LogP) is 7.10. The number of nitrogens with zero attached hydrogens (tertiary/aromatic N) is 1. The van der Waals surface area contributed by atoms with E-state index in [0.29, 0.717) is 40.3 Å². The first kappa shape index (κ1) is 24.8. The molecule has 5 nitrogen and oxygen atoms in total. The zero-order chi connectivity index (χ0) is 23.1. The van der Waals surface area contributed by atoms with E-state index in [2.05, 4.69) is 49.0 Å². The summed E-state index contributed by atoms with van der Waals surface area (Å²) in [7, 11) is 0. The molecule has 0 saturated heterocycles. The Bertz CT molecular complexity index is 1140. The van der Waals surface area contributed by atoms with Crippen LogP contribution in [0.3, 0.4) is 0 Å². The Labute approximate surface area is 218 Å². The van der Waals surface area contributed by atoms with Crippen molar-refractivity contribution in [2.75, 3.05) is 6.61 Å². The van der Waals surface area contributed by atoms with E-state index in [1.54, 1.807) is 42.6 Å². The summed E-state index contributed by atoms with van der Waals surface area (Å²) in [6.45, 7) is 2.68. The highest BCUT2D eigenvalue weighted by molar-refractivity contribution is 14.1. The van der Waals surface area contributed by atoms with Crippen LogP contribution in [0.4, 0.5) is 0 Å². The lowest BCUT2D eigenvalue weighted by Crippen LogP contribution is -2.17. The molecule has 0 saturated carbocycles. The van der Waals surface area contributed by atoms with Crippen molar-refractivity contribution in [3.05, 3.63) is 89.4 Å². The third-order valence-electron chi connectivity index (χ3n) is 4.19. The average molecular weight is 648 g/mol. The Morgan fingerprint density at radius 2 is 1.84 bits per heavy atom. The normalized spacial score (nSPS) is 10.9. The molecule has 0 aromatic heterocycles. The van der Waals surface area contributed by atoms with Gasteiger partial charge in [-0.25, -0.2) is 5.43 Å². The first-order valence-corrected chi connectivity index (χ1v) is 12.1. The highest BCUT2D eigenvalue weighted by atomic mass is 127. The molecule has 0 aliphatic rings. The maximum atomic E-state index is 12.2. The lowest BCUT2D eigenvalue weighted by Gasteiger charge is -2.15. The van der Waals surface area contributed by atoms with Crippen molar-refractivity contribution in [1.29, 1.82) is 0 Å². The number of hydrogen-bond acceptors (Lipinski definition) is 4. The van der Waals surface area contributed by atoms with Gasteiger partial charge in [0.1, 0.15) is 6.61 Å². The number of benzene rings is 3. The van der Waals surface area contributed by atoms with E-state index in [4.69, 9.17) is 32.7 Å². The van der Waals surface area contributed by atoms with E-state index in [1.807, 2.05) is 25.1 Å². The van der Waals surface area contributed by atoms with Crippen molar-refractivity contribution in [2.24, 2.45) is 5.10 Å². The first-order valence-electron chi connectivity index (χ1n) is 9.49. The fraction of sp³-hybridized carbons (Fsp3) is 0.130. The fourth-order valence-corrected chi connectivity index (χ4v) is 4.05. The Balaban J connectivity index is 1.72. The lowest BCUT2D eigenvalue weighted by molar-refractivity contribution is 0.0955. The van der Waals surface area contributed by atoms with Crippen molar-refractivity contribution in [2.45, 2.75) is 13.5 Å². The molecule has 0 atom stereocenters. The molecule has 166 valence electrons. The van der Waals surface area contributed by atoms with Crippen LogP contribution in [0.15, 0.2) is 64.2 Å². The standard InChI is InChI=1S/C23H18BrCl2IN2O3/c1-2-31-21-11-15(12-28-29-23(30)16-4-6-17(24)7-5-16)10-20(27)22(21)32-13-14-3-8-18(25)19(26)9-14/h3-12H,2,13H2,1H3,(H,29,30)/b28-12+. The van der Waals surface area contributed by atoms with Gasteiger partial charge in [-0.05, 0) is 89.2 Å². The zero-order valence-corrected chi connectivity index (χ0v) is 22.1. The second kappa shape index (κ2) is 11.9. The molecule has 3 rings (SSSR count). The minimum absolute atomic E-state index is 0.296. The summed E-state index contributed by atoms with van der Waals surface area (Å²) in [5.74, 6) is 0.907. The Morgan fingerprint density at radius 1 is 1.09 bits per heavy atom. The number of ether oxygens (including phenoxy) is 2. The molecule has 0 aliphatic carbocycles. The number of carbonyl (C=O) groups excluding carboxylic acids is 1. The molecule has 0 radical (unpaired) electrons. The second-order valence-corrected chi connectivity index (χ2v) is 9.40. The maximum absolute atomic E-state index is 12.2. The van der Waals surface area contributed by atoms with Crippen LogP contribution in [0, 0.1) is 3.57 Å². The van der Waals surface area contributed by atoms with E-state index in [0.717, 1.165) is 19.2 Å². The van der Waals surface area contributed by atoms with Gasteiger partial charge in [-0.1, -0.05) is 45.2 Å². The van der Waals surface area contributed by atoms with E-state index in [-0.39, 0.29) is 5.91 Å². The number of halogens is 4. The van der Waals surface area contributed by atoms with Crippen molar-refractivity contribution < 1.29 is 14.3 Å². The molecule has 1 amide bonds. The van der Waals surface area contributed by atoms with Gasteiger partial charge in [0.25, 0.3) is 5.91 Å². The molecule has 3 aromatic rings. The topological polar surface area (TPSA) is 59.9 Å². The summed E-state index contributed by atoms with van der Waals surface area (Å²) >= 11 is 17.6. The molecule has 1 N–H and O–H groups in total. The quantitative estimate of drug-likeness (QED) is 0.161. The smallest absolute Gasteiger partial charge is 0.271 e. The van der Waals surface area contributed by atoms with Crippen LogP contribution in [0.25, 0.3) is 0 Å². The van der Waals surface area contributed by atoms with Gasteiger partial charge in [-0.2, -0.15) is 5.10 Å². The molecular weight excluding hydrogens is 630 g/mol. The number of hydrazone groups is 1. The average Bonchev–Trinajstić information content (AvgIpc) is 2.76. The molecular formula is C23H18BrCl2IN2O3. The van der Waals surface area contributed by atoms with Crippen LogP contribution in [0.5, 0.6) is 11.5 Å². The van der Waals surface area contributed by atoms with Crippen molar-refractivity contribution in [3.63, 3.8) is 0 Å². The van der Waals surface area contributed by atoms with Crippen LogP contribution in [0.2, 0.25) is 10.0 Å². The highest BCUT2D eigenvalue weighted by Crippen LogP contribution is 2.35. The molecule has 0 fully saturated rings. The lowest BCUT2D eigenvalue weighted by atomic mass is 10.2. The number of carbonyl (C=O) groups is 1. The minimum Gasteiger partial charge on any atom is -0.490 e. The van der Waals surface area contributed by atoms with E-state index >= 15 is 0 Å². The van der Waals surface area contributed by atoms with Gasteiger partial charge in [0.05, 0.1) is 26.4 Å². The molecule has 0 unspecified atom stereocenters. The molecule has 0 aliphatic heterocycles. The molecule has 0 bridgehead atoms. The van der Waals surface area contributed by atoms with Crippen molar-refractivity contribution >= 4 is 73.8 Å². The van der Waals surface area contributed by atoms with Gasteiger partial charge in [0.15, 0.2) is 11.5 Å².